The SMILES string of the molecule is CC(C)(C)[Si](C)(C)[Si](I)(c1ccc(-c2ccccc2)cc1)[Si](C)(C)C(C)(C)C. The van der Waals surface area contributed by atoms with Gasteiger partial charge in [0.15, 0.2) is 0 Å². The molecule has 0 atom stereocenters. The van der Waals surface area contributed by atoms with Crippen LogP contribution in [0.1, 0.15) is 41.5 Å². The summed E-state index contributed by atoms with van der Waals surface area (Å²) in [5.74, 6) is 0. The first-order valence-electron chi connectivity index (χ1n) is 10.4. The fraction of sp³-hybridized carbons (Fsp3) is 0.500. The molecule has 0 saturated heterocycles. The van der Waals surface area contributed by atoms with Crippen molar-refractivity contribution in [2.75, 3.05) is 0 Å². The molecule has 0 saturated carbocycles. The molecule has 2 rings (SSSR count). The highest BCUT2D eigenvalue weighted by atomic mass is 127. The van der Waals surface area contributed by atoms with E-state index >= 15 is 0 Å². The topological polar surface area (TPSA) is 0 Å². The van der Waals surface area contributed by atoms with Crippen molar-refractivity contribution >= 4 is 46.8 Å². The zero-order chi connectivity index (χ0) is 21.6. The highest BCUT2D eigenvalue weighted by molar-refractivity contribution is 14.1. The zero-order valence-corrected chi connectivity index (χ0v) is 24.7. The van der Waals surface area contributed by atoms with Crippen molar-refractivity contribution < 1.29 is 0 Å². The summed E-state index contributed by atoms with van der Waals surface area (Å²) in [6, 6.07) is 20.5. The van der Waals surface area contributed by atoms with Gasteiger partial charge in [-0.1, -0.05) is 128 Å². The van der Waals surface area contributed by atoms with Gasteiger partial charge in [-0.2, -0.15) is 0 Å². The highest BCUT2D eigenvalue weighted by Crippen LogP contribution is 2.53. The Bertz CT molecular complexity index is 768. The van der Waals surface area contributed by atoms with Crippen LogP contribution in [-0.4, -0.2) is 19.8 Å². The molecular weight excluding hydrogens is 499 g/mol. The van der Waals surface area contributed by atoms with Crippen molar-refractivity contribution in [3.8, 4) is 11.1 Å². The van der Waals surface area contributed by atoms with Crippen LogP contribution in [-0.2, 0) is 0 Å². The molecule has 0 unspecified atom stereocenters. The third kappa shape index (κ3) is 3.91. The van der Waals surface area contributed by atoms with Crippen LogP contribution >= 0.6 is 21.8 Å². The van der Waals surface area contributed by atoms with Crippen LogP contribution in [0.5, 0.6) is 0 Å². The quantitative estimate of drug-likeness (QED) is 0.210. The molecule has 4 heteroatoms. The van der Waals surface area contributed by atoms with Crippen LogP contribution in [0.4, 0.5) is 0 Å². The summed E-state index contributed by atoms with van der Waals surface area (Å²) < 4.78 is -1.73. The minimum absolute atomic E-state index is 0.397. The van der Waals surface area contributed by atoms with Gasteiger partial charge in [0.05, 0.1) is 15.2 Å². The van der Waals surface area contributed by atoms with E-state index in [9.17, 15) is 0 Å². The number of rotatable bonds is 4. The van der Waals surface area contributed by atoms with Crippen LogP contribution < -0.4 is 5.19 Å². The van der Waals surface area contributed by atoms with Gasteiger partial charge in [0.1, 0.15) is 4.61 Å². The fourth-order valence-electron chi connectivity index (χ4n) is 4.06. The standard InChI is InChI=1S/C24H39ISi3/c1-23(2,3)26(7,8)28(25,27(9,10)24(4,5)6)22-18-16-21(17-19-22)20-14-12-11-13-15-20/h11-19H,1-10H3. The molecule has 2 aromatic carbocycles. The van der Waals surface area contributed by atoms with E-state index in [0.29, 0.717) is 10.1 Å². The third-order valence-electron chi connectivity index (χ3n) is 7.86. The third-order valence-corrected chi connectivity index (χ3v) is 73.9. The smallest absolute Gasteiger partial charge is 0.120 e. The Kier molecular flexibility index (Phi) is 6.73. The first-order chi connectivity index (χ1) is 12.6. The molecule has 0 nitrogen and oxygen atoms in total. The van der Waals surface area contributed by atoms with Crippen LogP contribution in [0, 0.1) is 0 Å². The van der Waals surface area contributed by atoms with E-state index in [1.807, 2.05) is 0 Å². The van der Waals surface area contributed by atoms with Gasteiger partial charge in [0, 0.05) is 0 Å². The van der Waals surface area contributed by atoms with Crippen LogP contribution in [0.25, 0.3) is 11.1 Å². The molecule has 0 amide bonds. The van der Waals surface area contributed by atoms with E-state index in [-0.39, 0.29) is 0 Å². The predicted molar refractivity (Wildman–Crippen MR) is 146 cm³/mol. The maximum Gasteiger partial charge on any atom is 0.139 e. The summed E-state index contributed by atoms with van der Waals surface area (Å²) in [5.41, 5.74) is 2.65. The Balaban J connectivity index is 2.70. The summed E-state index contributed by atoms with van der Waals surface area (Å²) >= 11 is 3.07. The lowest BCUT2D eigenvalue weighted by molar-refractivity contribution is 0.727. The van der Waals surface area contributed by atoms with Gasteiger partial charge in [-0.25, -0.2) is 0 Å². The van der Waals surface area contributed by atoms with Gasteiger partial charge < -0.3 is 0 Å². The van der Waals surface area contributed by atoms with Gasteiger partial charge in [-0.3, -0.25) is 0 Å². The first-order valence-corrected chi connectivity index (χ1v) is 23.5. The molecule has 2 aromatic rings. The number of benzene rings is 2. The molecule has 0 fully saturated rings. The van der Waals surface area contributed by atoms with E-state index in [4.69, 9.17) is 0 Å². The van der Waals surface area contributed by atoms with E-state index in [0.717, 1.165) is 0 Å². The van der Waals surface area contributed by atoms with Gasteiger partial charge in [-0.05, 0) is 21.2 Å². The summed E-state index contributed by atoms with van der Waals surface area (Å²) in [7, 11) is -3.11. The van der Waals surface area contributed by atoms with E-state index < -0.39 is 19.8 Å². The van der Waals surface area contributed by atoms with Crippen molar-refractivity contribution in [2.24, 2.45) is 0 Å². The molecule has 0 aliphatic heterocycles. The summed E-state index contributed by atoms with van der Waals surface area (Å²) in [6.07, 6.45) is 0. The Morgan fingerprint density at radius 1 is 0.571 bits per heavy atom. The van der Waals surface area contributed by atoms with Crippen molar-refractivity contribution in [1.82, 2.24) is 0 Å². The number of halogens is 1. The molecule has 0 heterocycles. The Morgan fingerprint density at radius 2 is 0.929 bits per heavy atom. The second-order valence-electron chi connectivity index (χ2n) is 11.4. The molecular formula is C24H39ISi3. The van der Waals surface area contributed by atoms with Gasteiger partial charge in [0.2, 0.25) is 0 Å². The number of hydrogen-bond acceptors (Lipinski definition) is 0. The molecule has 0 N–H and O–H groups in total. The lowest BCUT2D eigenvalue weighted by Crippen LogP contribution is -2.80. The zero-order valence-electron chi connectivity index (χ0n) is 19.6. The second kappa shape index (κ2) is 7.82. The summed E-state index contributed by atoms with van der Waals surface area (Å²) in [4.78, 5) is 0. The average molecular weight is 539 g/mol. The molecule has 0 aliphatic carbocycles. The lowest BCUT2D eigenvalue weighted by atomic mass is 10.1. The lowest BCUT2D eigenvalue weighted by Gasteiger charge is -2.58. The van der Waals surface area contributed by atoms with Crippen LogP contribution in [0.2, 0.25) is 36.3 Å². The second-order valence-corrected chi connectivity index (χ2v) is 47.2. The Hall–Kier alpha value is -0.179. The molecule has 0 aliphatic rings. The van der Waals surface area contributed by atoms with Crippen molar-refractivity contribution in [3.05, 3.63) is 54.6 Å². The first kappa shape index (κ1) is 24.1. The molecule has 0 bridgehead atoms. The normalized spacial score (nSPS) is 14.2. The van der Waals surface area contributed by atoms with E-state index in [1.54, 1.807) is 5.19 Å². The Labute approximate surface area is 189 Å². The van der Waals surface area contributed by atoms with E-state index in [1.165, 1.54) is 11.1 Å². The van der Waals surface area contributed by atoms with Crippen molar-refractivity contribution in [1.29, 1.82) is 0 Å². The van der Waals surface area contributed by atoms with Crippen molar-refractivity contribution in [3.63, 3.8) is 0 Å². The maximum atomic E-state index is 3.07. The molecule has 28 heavy (non-hydrogen) atoms. The van der Waals surface area contributed by atoms with Crippen LogP contribution in [0.3, 0.4) is 0 Å². The van der Waals surface area contributed by atoms with Gasteiger partial charge in [-0.15, -0.1) is 21.8 Å². The van der Waals surface area contributed by atoms with Gasteiger partial charge in [0.25, 0.3) is 0 Å². The van der Waals surface area contributed by atoms with E-state index in [2.05, 4.69) is 144 Å². The minimum atomic E-state index is -1.73. The fourth-order valence-corrected chi connectivity index (χ4v) is 62.4. The predicted octanol–water partition coefficient (Wildman–Crippen LogP) is 8.11. The van der Waals surface area contributed by atoms with Gasteiger partial charge >= 0.3 is 0 Å². The maximum absolute atomic E-state index is 3.07. The largest absolute Gasteiger partial charge is 0.139 e. The summed E-state index contributed by atoms with van der Waals surface area (Å²) in [5, 5.41) is 2.48. The average Bonchev–Trinajstić information content (AvgIpc) is 2.59. The summed E-state index contributed by atoms with van der Waals surface area (Å²) in [6.45, 7) is 25.8. The molecule has 154 valence electrons. The van der Waals surface area contributed by atoms with Crippen molar-refractivity contribution in [2.45, 2.75) is 77.8 Å². The minimum Gasteiger partial charge on any atom is -0.120 e. The van der Waals surface area contributed by atoms with Crippen LogP contribution in [0.15, 0.2) is 54.6 Å². The number of hydrogen-bond donors (Lipinski definition) is 0. The Morgan fingerprint density at radius 3 is 1.29 bits per heavy atom. The molecule has 0 aromatic heterocycles. The molecule has 0 spiro atoms. The monoisotopic (exact) mass is 538 g/mol. The highest BCUT2D eigenvalue weighted by Gasteiger charge is 2.65. The molecule has 0 radical (unpaired) electrons.